The number of hydrogen-bond donors (Lipinski definition) is 1. The zero-order chi connectivity index (χ0) is 14.6. The Morgan fingerprint density at radius 1 is 1.05 bits per heavy atom. The molecule has 2 aromatic carbocycles. The zero-order valence-electron chi connectivity index (χ0n) is 10.2. The highest BCUT2D eigenvalue weighted by Gasteiger charge is 2.18. The summed E-state index contributed by atoms with van der Waals surface area (Å²) in [5.74, 6) is 0. The van der Waals surface area contributed by atoms with E-state index < -0.39 is 10.0 Å². The standard InChI is InChI=1S/C13H11Cl2NO3S/c14-11-6-7-12(15)13(8-11)20(17,18)16-19-9-10-4-2-1-3-5-10/h1-8,16H,9H2. The van der Waals surface area contributed by atoms with Gasteiger partial charge in [0, 0.05) is 5.02 Å². The molecule has 0 unspecified atom stereocenters. The van der Waals surface area contributed by atoms with Crippen molar-refractivity contribution in [2.45, 2.75) is 11.5 Å². The summed E-state index contributed by atoms with van der Waals surface area (Å²) in [6.07, 6.45) is 0. The van der Waals surface area contributed by atoms with Gasteiger partial charge < -0.3 is 0 Å². The summed E-state index contributed by atoms with van der Waals surface area (Å²) >= 11 is 11.6. The Balaban J connectivity index is 2.06. The van der Waals surface area contributed by atoms with Crippen LogP contribution in [-0.2, 0) is 21.5 Å². The number of nitrogens with one attached hydrogen (secondary N) is 1. The van der Waals surface area contributed by atoms with E-state index in [4.69, 9.17) is 28.0 Å². The van der Waals surface area contributed by atoms with Gasteiger partial charge in [-0.3, -0.25) is 4.84 Å². The van der Waals surface area contributed by atoms with Crippen molar-refractivity contribution in [2.75, 3.05) is 0 Å². The summed E-state index contributed by atoms with van der Waals surface area (Å²) < 4.78 is 24.0. The van der Waals surface area contributed by atoms with Crippen molar-refractivity contribution in [3.8, 4) is 0 Å². The molecule has 0 aliphatic rings. The van der Waals surface area contributed by atoms with E-state index in [9.17, 15) is 8.42 Å². The highest BCUT2D eigenvalue weighted by molar-refractivity contribution is 7.89. The summed E-state index contributed by atoms with van der Waals surface area (Å²) in [7, 11) is -3.87. The van der Waals surface area contributed by atoms with Crippen LogP contribution in [0.5, 0.6) is 0 Å². The van der Waals surface area contributed by atoms with E-state index in [0.29, 0.717) is 0 Å². The molecule has 0 spiro atoms. The summed E-state index contributed by atoms with van der Waals surface area (Å²) in [5, 5.41) is 0.350. The minimum atomic E-state index is -3.87. The SMILES string of the molecule is O=S(=O)(NOCc1ccccc1)c1cc(Cl)ccc1Cl. The third-order valence-corrected chi connectivity index (χ3v) is 4.36. The molecule has 0 saturated heterocycles. The van der Waals surface area contributed by atoms with Crippen molar-refractivity contribution < 1.29 is 13.3 Å². The highest BCUT2D eigenvalue weighted by atomic mass is 35.5. The second kappa shape index (κ2) is 6.56. The summed E-state index contributed by atoms with van der Waals surface area (Å²) in [5.41, 5.74) is 0.840. The van der Waals surface area contributed by atoms with Gasteiger partial charge in [0.05, 0.1) is 11.6 Å². The van der Waals surface area contributed by atoms with Crippen LogP contribution in [0.15, 0.2) is 53.4 Å². The Morgan fingerprint density at radius 2 is 1.75 bits per heavy atom. The molecule has 0 heterocycles. The molecule has 4 nitrogen and oxygen atoms in total. The zero-order valence-corrected chi connectivity index (χ0v) is 12.5. The first-order chi connectivity index (χ1) is 9.49. The number of rotatable bonds is 5. The van der Waals surface area contributed by atoms with Gasteiger partial charge >= 0.3 is 0 Å². The monoisotopic (exact) mass is 331 g/mol. The summed E-state index contributed by atoms with van der Waals surface area (Å²) in [6, 6.07) is 13.4. The van der Waals surface area contributed by atoms with Gasteiger partial charge in [-0.05, 0) is 23.8 Å². The Labute approximate surface area is 127 Å². The molecule has 0 bridgehead atoms. The molecule has 106 valence electrons. The van der Waals surface area contributed by atoms with Crippen LogP contribution in [0, 0.1) is 0 Å². The Kier molecular flexibility index (Phi) is 5.01. The molecule has 0 radical (unpaired) electrons. The number of halogens is 2. The van der Waals surface area contributed by atoms with Crippen molar-refractivity contribution in [3.63, 3.8) is 0 Å². The number of benzene rings is 2. The molecule has 0 fully saturated rings. The third-order valence-electron chi connectivity index (χ3n) is 2.43. The van der Waals surface area contributed by atoms with E-state index in [2.05, 4.69) is 0 Å². The average molecular weight is 332 g/mol. The summed E-state index contributed by atoms with van der Waals surface area (Å²) in [4.78, 5) is 6.89. The Hall–Kier alpha value is -1.11. The van der Waals surface area contributed by atoms with Gasteiger partial charge in [-0.15, -0.1) is 0 Å². The van der Waals surface area contributed by atoms with Crippen LogP contribution in [-0.4, -0.2) is 8.42 Å². The van der Waals surface area contributed by atoms with Crippen molar-refractivity contribution in [1.82, 2.24) is 4.89 Å². The Morgan fingerprint density at radius 3 is 2.45 bits per heavy atom. The van der Waals surface area contributed by atoms with Crippen LogP contribution in [0.1, 0.15) is 5.56 Å². The smallest absolute Gasteiger partial charge is 0.264 e. The molecular formula is C13H11Cl2NO3S. The fourth-order valence-corrected chi connectivity index (χ4v) is 3.06. The van der Waals surface area contributed by atoms with Crippen molar-refractivity contribution >= 4 is 33.2 Å². The molecule has 0 aliphatic heterocycles. The molecule has 1 N–H and O–H groups in total. The molecule has 2 aromatic rings. The molecule has 2 rings (SSSR count). The topological polar surface area (TPSA) is 55.4 Å². The van der Waals surface area contributed by atoms with E-state index >= 15 is 0 Å². The predicted molar refractivity (Wildman–Crippen MR) is 78.0 cm³/mol. The van der Waals surface area contributed by atoms with Gasteiger partial charge in [0.15, 0.2) is 0 Å². The second-order valence-electron chi connectivity index (χ2n) is 3.94. The van der Waals surface area contributed by atoms with Gasteiger partial charge in [-0.2, -0.15) is 0 Å². The van der Waals surface area contributed by atoms with E-state index in [0.717, 1.165) is 5.56 Å². The lowest BCUT2D eigenvalue weighted by Crippen LogP contribution is -2.24. The maximum absolute atomic E-state index is 12.0. The average Bonchev–Trinajstić information content (AvgIpc) is 2.42. The van der Waals surface area contributed by atoms with Crippen molar-refractivity contribution in [1.29, 1.82) is 0 Å². The van der Waals surface area contributed by atoms with E-state index in [1.54, 1.807) is 0 Å². The number of sulfonamides is 1. The predicted octanol–water partition coefficient (Wildman–Crippen LogP) is 3.40. The molecule has 20 heavy (non-hydrogen) atoms. The highest BCUT2D eigenvalue weighted by Crippen LogP contribution is 2.24. The van der Waals surface area contributed by atoms with Gasteiger partial charge in [-0.1, -0.05) is 58.4 Å². The van der Waals surface area contributed by atoms with Gasteiger partial charge in [0.2, 0.25) is 0 Å². The molecule has 0 amide bonds. The lowest BCUT2D eigenvalue weighted by atomic mass is 10.2. The molecule has 0 aliphatic carbocycles. The molecule has 0 saturated carbocycles. The molecule has 0 aromatic heterocycles. The normalized spacial score (nSPS) is 11.5. The molecular weight excluding hydrogens is 321 g/mol. The lowest BCUT2D eigenvalue weighted by Gasteiger charge is -2.09. The van der Waals surface area contributed by atoms with Crippen LogP contribution in [0.3, 0.4) is 0 Å². The van der Waals surface area contributed by atoms with Crippen LogP contribution < -0.4 is 4.89 Å². The van der Waals surface area contributed by atoms with Crippen molar-refractivity contribution in [2.24, 2.45) is 0 Å². The minimum Gasteiger partial charge on any atom is -0.282 e. The first-order valence-electron chi connectivity index (χ1n) is 5.61. The van der Waals surface area contributed by atoms with Gasteiger partial charge in [-0.25, -0.2) is 8.42 Å². The fraction of sp³-hybridized carbons (Fsp3) is 0.0769. The first kappa shape index (κ1) is 15.3. The molecule has 7 heteroatoms. The van der Waals surface area contributed by atoms with E-state index in [-0.39, 0.29) is 21.5 Å². The van der Waals surface area contributed by atoms with E-state index in [1.807, 2.05) is 35.2 Å². The summed E-state index contributed by atoms with van der Waals surface area (Å²) in [6.45, 7) is 0.109. The first-order valence-corrected chi connectivity index (χ1v) is 7.85. The van der Waals surface area contributed by atoms with E-state index in [1.165, 1.54) is 18.2 Å². The minimum absolute atomic E-state index is 0.0743. The van der Waals surface area contributed by atoms with Gasteiger partial charge in [0.1, 0.15) is 4.90 Å². The quantitative estimate of drug-likeness (QED) is 0.854. The maximum atomic E-state index is 12.0. The lowest BCUT2D eigenvalue weighted by molar-refractivity contribution is 0.0795. The maximum Gasteiger partial charge on any atom is 0.264 e. The number of hydrogen-bond acceptors (Lipinski definition) is 3. The van der Waals surface area contributed by atoms with Crippen molar-refractivity contribution in [3.05, 3.63) is 64.1 Å². The fourth-order valence-electron chi connectivity index (χ4n) is 1.49. The van der Waals surface area contributed by atoms with Crippen LogP contribution in [0.2, 0.25) is 10.0 Å². The Bertz CT molecular complexity index is 690. The van der Waals surface area contributed by atoms with Crippen LogP contribution >= 0.6 is 23.2 Å². The largest absolute Gasteiger partial charge is 0.282 e. The van der Waals surface area contributed by atoms with Crippen LogP contribution in [0.25, 0.3) is 0 Å². The third kappa shape index (κ3) is 3.94. The van der Waals surface area contributed by atoms with Gasteiger partial charge in [0.25, 0.3) is 10.0 Å². The molecule has 0 atom stereocenters. The second-order valence-corrected chi connectivity index (χ2v) is 6.39. The van der Waals surface area contributed by atoms with Crippen LogP contribution in [0.4, 0.5) is 0 Å².